The van der Waals surface area contributed by atoms with Crippen molar-refractivity contribution in [2.75, 3.05) is 25.0 Å². The summed E-state index contributed by atoms with van der Waals surface area (Å²) in [5.74, 6) is 0.639. The van der Waals surface area contributed by atoms with Crippen molar-refractivity contribution in [1.29, 1.82) is 0 Å². The molecule has 2 heterocycles. The van der Waals surface area contributed by atoms with Gasteiger partial charge in [0.15, 0.2) is 0 Å². The number of thiocarbonyl (C=S) groups is 1. The first-order chi connectivity index (χ1) is 14.7. The van der Waals surface area contributed by atoms with E-state index < -0.39 is 0 Å². The summed E-state index contributed by atoms with van der Waals surface area (Å²) in [7, 11) is 0. The van der Waals surface area contributed by atoms with Crippen LogP contribution in [-0.4, -0.2) is 34.5 Å². The standard InChI is InChI=1S/C26H33N3S/c1-3-6-19-7-5-8-21(16-19)26(30)28-22-9-10-25-23(17-22)24(18-27-25)20-11-14-29(13-4-2)15-12-20/h5,7-10,16-18,20,27H,3-4,6,11-15H2,1-2H3,(H,28,30). The van der Waals surface area contributed by atoms with Gasteiger partial charge in [-0.3, -0.25) is 0 Å². The number of aromatic amines is 1. The molecule has 0 saturated carbocycles. The Labute approximate surface area is 185 Å². The molecule has 0 atom stereocenters. The second-order valence-corrected chi connectivity index (χ2v) is 8.93. The maximum absolute atomic E-state index is 5.72. The second-order valence-electron chi connectivity index (χ2n) is 8.52. The number of aryl methyl sites for hydroxylation is 1. The van der Waals surface area contributed by atoms with Crippen molar-refractivity contribution in [2.24, 2.45) is 0 Å². The molecule has 1 fully saturated rings. The van der Waals surface area contributed by atoms with Gasteiger partial charge >= 0.3 is 0 Å². The Hall–Kier alpha value is -2.17. The van der Waals surface area contributed by atoms with Crippen molar-refractivity contribution in [3.05, 3.63) is 65.4 Å². The lowest BCUT2D eigenvalue weighted by Gasteiger charge is -2.31. The van der Waals surface area contributed by atoms with E-state index in [1.165, 1.54) is 60.9 Å². The molecule has 0 amide bonds. The number of anilines is 1. The van der Waals surface area contributed by atoms with E-state index in [1.807, 2.05) is 0 Å². The Bertz CT molecular complexity index is 998. The number of benzene rings is 2. The van der Waals surface area contributed by atoms with E-state index in [0.717, 1.165) is 29.1 Å². The topological polar surface area (TPSA) is 31.1 Å². The lowest BCUT2D eigenvalue weighted by molar-refractivity contribution is 0.213. The Morgan fingerprint density at radius 1 is 1.10 bits per heavy atom. The molecule has 158 valence electrons. The number of hydrogen-bond acceptors (Lipinski definition) is 2. The van der Waals surface area contributed by atoms with E-state index in [4.69, 9.17) is 12.2 Å². The van der Waals surface area contributed by atoms with Crippen LogP contribution in [0.4, 0.5) is 5.69 Å². The van der Waals surface area contributed by atoms with Crippen LogP contribution in [0.25, 0.3) is 10.9 Å². The Kier molecular flexibility index (Phi) is 6.86. The molecule has 1 aliphatic heterocycles. The third-order valence-corrected chi connectivity index (χ3v) is 6.60. The first-order valence-electron chi connectivity index (χ1n) is 11.4. The summed E-state index contributed by atoms with van der Waals surface area (Å²) in [4.78, 5) is 6.87. The predicted molar refractivity (Wildman–Crippen MR) is 133 cm³/mol. The maximum atomic E-state index is 5.72. The third kappa shape index (κ3) is 4.76. The fourth-order valence-corrected chi connectivity index (χ4v) is 4.95. The largest absolute Gasteiger partial charge is 0.361 e. The third-order valence-electron chi connectivity index (χ3n) is 6.27. The number of likely N-dealkylation sites (tertiary alicyclic amines) is 1. The van der Waals surface area contributed by atoms with Crippen LogP contribution < -0.4 is 5.32 Å². The van der Waals surface area contributed by atoms with Gasteiger partial charge in [0.2, 0.25) is 0 Å². The highest BCUT2D eigenvalue weighted by Crippen LogP contribution is 2.34. The number of nitrogens with one attached hydrogen (secondary N) is 2. The van der Waals surface area contributed by atoms with Gasteiger partial charge in [-0.15, -0.1) is 0 Å². The van der Waals surface area contributed by atoms with Gasteiger partial charge in [-0.2, -0.15) is 0 Å². The zero-order chi connectivity index (χ0) is 20.9. The van der Waals surface area contributed by atoms with Gasteiger partial charge in [0, 0.05) is 28.4 Å². The van der Waals surface area contributed by atoms with Gasteiger partial charge in [0.1, 0.15) is 4.99 Å². The SMILES string of the molecule is CCCc1cccc(C(=S)Nc2ccc3[nH]cc(C4CCN(CCC)CC4)c3c2)c1. The van der Waals surface area contributed by atoms with Crippen molar-refractivity contribution in [1.82, 2.24) is 9.88 Å². The first-order valence-corrected chi connectivity index (χ1v) is 11.8. The molecule has 1 aliphatic rings. The second kappa shape index (κ2) is 9.76. The number of nitrogens with zero attached hydrogens (tertiary/aromatic N) is 1. The van der Waals surface area contributed by atoms with E-state index in [1.54, 1.807) is 0 Å². The molecule has 4 rings (SSSR count). The molecular formula is C26H33N3S. The molecule has 0 aliphatic carbocycles. The van der Waals surface area contributed by atoms with Gasteiger partial charge in [-0.1, -0.05) is 50.7 Å². The number of H-pyrrole nitrogens is 1. The highest BCUT2D eigenvalue weighted by molar-refractivity contribution is 7.81. The van der Waals surface area contributed by atoms with E-state index in [0.29, 0.717) is 5.92 Å². The highest BCUT2D eigenvalue weighted by atomic mass is 32.1. The predicted octanol–water partition coefficient (Wildman–Crippen LogP) is 6.50. The van der Waals surface area contributed by atoms with E-state index in [9.17, 15) is 0 Å². The molecule has 2 aromatic carbocycles. The fraction of sp³-hybridized carbons (Fsp3) is 0.423. The molecule has 0 unspecified atom stereocenters. The first kappa shape index (κ1) is 21.1. The van der Waals surface area contributed by atoms with Crippen molar-refractivity contribution in [2.45, 2.75) is 51.9 Å². The Morgan fingerprint density at radius 2 is 1.93 bits per heavy atom. The minimum Gasteiger partial charge on any atom is -0.361 e. The van der Waals surface area contributed by atoms with Crippen molar-refractivity contribution < 1.29 is 0 Å². The van der Waals surface area contributed by atoms with Gasteiger partial charge in [0.05, 0.1) is 0 Å². The maximum Gasteiger partial charge on any atom is 0.110 e. The number of piperidine rings is 1. The summed E-state index contributed by atoms with van der Waals surface area (Å²) in [6, 6.07) is 15.1. The summed E-state index contributed by atoms with van der Waals surface area (Å²) in [6.07, 6.45) is 8.19. The number of fused-ring (bicyclic) bond motifs is 1. The van der Waals surface area contributed by atoms with Crippen LogP contribution in [0.1, 0.15) is 62.1 Å². The molecule has 3 aromatic rings. The minimum absolute atomic E-state index is 0.639. The lowest BCUT2D eigenvalue weighted by Crippen LogP contribution is -2.33. The fourth-order valence-electron chi connectivity index (χ4n) is 4.70. The molecule has 0 radical (unpaired) electrons. The lowest BCUT2D eigenvalue weighted by atomic mass is 9.89. The van der Waals surface area contributed by atoms with Crippen molar-refractivity contribution in [3.8, 4) is 0 Å². The molecule has 0 bridgehead atoms. The van der Waals surface area contributed by atoms with Crippen LogP contribution in [0.15, 0.2) is 48.7 Å². The summed E-state index contributed by atoms with van der Waals surface area (Å²) in [5, 5.41) is 4.80. The number of rotatable bonds is 7. The molecule has 3 nitrogen and oxygen atoms in total. The van der Waals surface area contributed by atoms with Gasteiger partial charge in [-0.25, -0.2) is 0 Å². The zero-order valence-corrected chi connectivity index (χ0v) is 19.0. The smallest absolute Gasteiger partial charge is 0.110 e. The Morgan fingerprint density at radius 3 is 2.70 bits per heavy atom. The van der Waals surface area contributed by atoms with Gasteiger partial charge in [0.25, 0.3) is 0 Å². The molecular weight excluding hydrogens is 386 g/mol. The van der Waals surface area contributed by atoms with Crippen LogP contribution in [0.3, 0.4) is 0 Å². The van der Waals surface area contributed by atoms with E-state index in [-0.39, 0.29) is 0 Å². The van der Waals surface area contributed by atoms with Crippen LogP contribution in [0.2, 0.25) is 0 Å². The van der Waals surface area contributed by atoms with Crippen LogP contribution in [-0.2, 0) is 6.42 Å². The van der Waals surface area contributed by atoms with Gasteiger partial charge < -0.3 is 15.2 Å². The summed E-state index contributed by atoms with van der Waals surface area (Å²) in [6.45, 7) is 8.12. The van der Waals surface area contributed by atoms with Crippen LogP contribution >= 0.6 is 12.2 Å². The van der Waals surface area contributed by atoms with Crippen molar-refractivity contribution in [3.63, 3.8) is 0 Å². The number of aromatic nitrogens is 1. The highest BCUT2D eigenvalue weighted by Gasteiger charge is 2.22. The van der Waals surface area contributed by atoms with Crippen LogP contribution in [0, 0.1) is 0 Å². The minimum atomic E-state index is 0.639. The van der Waals surface area contributed by atoms with Crippen LogP contribution in [0.5, 0.6) is 0 Å². The molecule has 1 saturated heterocycles. The molecule has 2 N–H and O–H groups in total. The Balaban J connectivity index is 1.50. The normalized spacial score (nSPS) is 15.5. The quantitative estimate of drug-likeness (QED) is 0.429. The van der Waals surface area contributed by atoms with E-state index in [2.05, 4.69) is 77.7 Å². The molecule has 4 heteroatoms. The average Bonchev–Trinajstić information content (AvgIpc) is 3.18. The molecule has 30 heavy (non-hydrogen) atoms. The summed E-state index contributed by atoms with van der Waals surface area (Å²) in [5.41, 5.74) is 6.17. The number of hydrogen-bond donors (Lipinski definition) is 2. The van der Waals surface area contributed by atoms with Crippen molar-refractivity contribution >= 4 is 33.8 Å². The zero-order valence-electron chi connectivity index (χ0n) is 18.2. The summed E-state index contributed by atoms with van der Waals surface area (Å²) >= 11 is 5.72. The van der Waals surface area contributed by atoms with E-state index >= 15 is 0 Å². The van der Waals surface area contributed by atoms with Gasteiger partial charge in [-0.05, 0) is 86.6 Å². The monoisotopic (exact) mass is 419 g/mol. The molecule has 0 spiro atoms. The average molecular weight is 420 g/mol. The summed E-state index contributed by atoms with van der Waals surface area (Å²) < 4.78 is 0. The molecule has 1 aromatic heterocycles.